The van der Waals surface area contributed by atoms with Gasteiger partial charge < -0.3 is 4.98 Å². The summed E-state index contributed by atoms with van der Waals surface area (Å²) < 4.78 is 0. The van der Waals surface area contributed by atoms with Crippen LogP contribution in [0.1, 0.15) is 0 Å². The van der Waals surface area contributed by atoms with Gasteiger partial charge in [-0.1, -0.05) is 0 Å². The minimum absolute atomic E-state index is 0.830. The summed E-state index contributed by atoms with van der Waals surface area (Å²) in [4.78, 5) is 16.2. The first-order valence-electron chi connectivity index (χ1n) is 5.83. The molecule has 0 fully saturated rings. The van der Waals surface area contributed by atoms with Crippen molar-refractivity contribution in [1.82, 2.24) is 19.9 Å². The minimum atomic E-state index is 0.830. The van der Waals surface area contributed by atoms with E-state index in [1.54, 1.807) is 24.2 Å². The molecular weight excluding hydrogens is 256 g/mol. The minimum Gasteiger partial charge on any atom is -0.338 e. The molecule has 3 aromatic heterocycles. The quantitative estimate of drug-likeness (QED) is 0.741. The summed E-state index contributed by atoms with van der Waals surface area (Å²) in [6, 6.07) is 7.85. The molecule has 0 amide bonds. The van der Waals surface area contributed by atoms with E-state index in [1.807, 2.05) is 42.9 Å². The fraction of sp³-hybridized carbons (Fsp3) is 0.0714. The number of pyridine rings is 2. The Balaban J connectivity index is 2.02. The van der Waals surface area contributed by atoms with Gasteiger partial charge in [0.25, 0.3) is 0 Å². The van der Waals surface area contributed by atoms with Gasteiger partial charge in [-0.2, -0.15) is 0 Å². The summed E-state index contributed by atoms with van der Waals surface area (Å²) >= 11 is 1.61. The van der Waals surface area contributed by atoms with Gasteiger partial charge >= 0.3 is 0 Å². The summed E-state index contributed by atoms with van der Waals surface area (Å²) in [6.45, 7) is 0. The Bertz CT molecular complexity index is 679. The smallest absolute Gasteiger partial charge is 0.140 e. The molecule has 0 atom stereocenters. The first-order valence-corrected chi connectivity index (χ1v) is 7.06. The number of aromatic amines is 1. The van der Waals surface area contributed by atoms with E-state index in [4.69, 9.17) is 0 Å². The van der Waals surface area contributed by atoms with Gasteiger partial charge in [0.05, 0.1) is 11.9 Å². The van der Waals surface area contributed by atoms with Gasteiger partial charge in [-0.3, -0.25) is 4.98 Å². The maximum absolute atomic E-state index is 4.43. The number of hydrogen-bond donors (Lipinski definition) is 1. The van der Waals surface area contributed by atoms with Crippen LogP contribution < -0.4 is 0 Å². The molecule has 0 spiro atoms. The molecule has 0 aromatic carbocycles. The normalized spacial score (nSPS) is 10.6. The zero-order valence-electron chi connectivity index (χ0n) is 10.4. The summed E-state index contributed by atoms with van der Waals surface area (Å²) in [7, 11) is 0. The lowest BCUT2D eigenvalue weighted by molar-refractivity contribution is 1.12. The van der Waals surface area contributed by atoms with E-state index < -0.39 is 0 Å². The Hall–Kier alpha value is -2.14. The van der Waals surface area contributed by atoms with Crippen molar-refractivity contribution in [3.8, 4) is 22.6 Å². The van der Waals surface area contributed by atoms with Crippen molar-refractivity contribution in [2.45, 2.75) is 5.03 Å². The van der Waals surface area contributed by atoms with Gasteiger partial charge in [0.15, 0.2) is 0 Å². The zero-order valence-corrected chi connectivity index (χ0v) is 11.2. The van der Waals surface area contributed by atoms with Crippen molar-refractivity contribution in [3.05, 3.63) is 49.1 Å². The van der Waals surface area contributed by atoms with Crippen LogP contribution in [0.5, 0.6) is 0 Å². The van der Waals surface area contributed by atoms with Crippen molar-refractivity contribution in [2.75, 3.05) is 6.26 Å². The molecule has 19 heavy (non-hydrogen) atoms. The molecule has 0 unspecified atom stereocenters. The third-order valence-electron chi connectivity index (χ3n) is 2.77. The number of hydrogen-bond acceptors (Lipinski definition) is 4. The van der Waals surface area contributed by atoms with E-state index in [9.17, 15) is 0 Å². The molecular formula is C14H12N4S. The molecule has 0 aliphatic heterocycles. The van der Waals surface area contributed by atoms with Crippen LogP contribution >= 0.6 is 11.8 Å². The third-order valence-corrected chi connectivity index (χ3v) is 3.48. The van der Waals surface area contributed by atoms with E-state index >= 15 is 0 Å². The highest BCUT2D eigenvalue weighted by molar-refractivity contribution is 7.98. The summed E-state index contributed by atoms with van der Waals surface area (Å²) in [5, 5.41) is 0.967. The van der Waals surface area contributed by atoms with Crippen LogP contribution in [0.3, 0.4) is 0 Å². The molecule has 3 rings (SSSR count). The Morgan fingerprint density at radius 2 is 1.95 bits per heavy atom. The molecule has 0 bridgehead atoms. The lowest BCUT2D eigenvalue weighted by Crippen LogP contribution is -1.87. The van der Waals surface area contributed by atoms with Crippen LogP contribution in [0, 0.1) is 0 Å². The molecule has 3 heterocycles. The second-order valence-electron chi connectivity index (χ2n) is 3.95. The first-order chi connectivity index (χ1) is 9.38. The van der Waals surface area contributed by atoms with E-state index in [1.165, 1.54) is 0 Å². The predicted octanol–water partition coefficient (Wildman–Crippen LogP) is 3.26. The van der Waals surface area contributed by atoms with Crippen LogP contribution in [0.2, 0.25) is 0 Å². The fourth-order valence-electron chi connectivity index (χ4n) is 1.86. The maximum atomic E-state index is 4.43. The highest BCUT2D eigenvalue weighted by Gasteiger charge is 2.09. The highest BCUT2D eigenvalue weighted by Crippen LogP contribution is 2.27. The largest absolute Gasteiger partial charge is 0.338 e. The van der Waals surface area contributed by atoms with Crippen molar-refractivity contribution in [1.29, 1.82) is 0 Å². The molecule has 0 aliphatic carbocycles. The molecule has 0 radical (unpaired) electrons. The van der Waals surface area contributed by atoms with Crippen molar-refractivity contribution >= 4 is 11.8 Å². The number of imidazole rings is 1. The lowest BCUT2D eigenvalue weighted by atomic mass is 10.2. The maximum Gasteiger partial charge on any atom is 0.140 e. The van der Waals surface area contributed by atoms with Crippen LogP contribution in [0.4, 0.5) is 0 Å². The fourth-order valence-corrected chi connectivity index (χ4v) is 2.41. The zero-order chi connectivity index (χ0) is 13.1. The number of nitrogens with one attached hydrogen (secondary N) is 1. The number of rotatable bonds is 3. The van der Waals surface area contributed by atoms with Crippen molar-refractivity contribution in [2.24, 2.45) is 0 Å². The van der Waals surface area contributed by atoms with Crippen LogP contribution in [-0.4, -0.2) is 26.2 Å². The van der Waals surface area contributed by atoms with Gasteiger partial charge in [-0.15, -0.1) is 11.8 Å². The molecule has 94 valence electrons. The topological polar surface area (TPSA) is 54.5 Å². The summed E-state index contributed by atoms with van der Waals surface area (Å²) in [6.07, 6.45) is 9.20. The van der Waals surface area contributed by atoms with Crippen molar-refractivity contribution < 1.29 is 0 Å². The highest BCUT2D eigenvalue weighted by atomic mass is 32.2. The van der Waals surface area contributed by atoms with Gasteiger partial charge in [-0.05, 0) is 30.5 Å². The SMILES string of the molecule is CSc1ncccc1-c1ncc(-c2cccnc2)[nH]1. The Labute approximate surface area is 115 Å². The monoisotopic (exact) mass is 268 g/mol. The number of H-pyrrole nitrogens is 1. The van der Waals surface area contributed by atoms with E-state index in [2.05, 4.69) is 19.9 Å². The van der Waals surface area contributed by atoms with Crippen LogP contribution in [0.25, 0.3) is 22.6 Å². The Morgan fingerprint density at radius 1 is 1.05 bits per heavy atom. The second-order valence-corrected chi connectivity index (χ2v) is 4.74. The van der Waals surface area contributed by atoms with Crippen molar-refractivity contribution in [3.63, 3.8) is 0 Å². The molecule has 1 N–H and O–H groups in total. The third kappa shape index (κ3) is 2.37. The van der Waals surface area contributed by atoms with E-state index in [0.717, 1.165) is 27.7 Å². The molecule has 0 saturated heterocycles. The van der Waals surface area contributed by atoms with Gasteiger partial charge in [0.2, 0.25) is 0 Å². The Kier molecular flexibility index (Phi) is 3.29. The first kappa shape index (κ1) is 11.9. The van der Waals surface area contributed by atoms with Crippen LogP contribution in [-0.2, 0) is 0 Å². The molecule has 0 saturated carbocycles. The summed E-state index contributed by atoms with van der Waals surface area (Å²) in [5.74, 6) is 0.830. The second kappa shape index (κ2) is 5.24. The molecule has 0 aliphatic rings. The molecule has 5 heteroatoms. The average Bonchev–Trinajstić information content (AvgIpc) is 2.98. The van der Waals surface area contributed by atoms with Gasteiger partial charge in [0.1, 0.15) is 10.9 Å². The average molecular weight is 268 g/mol. The molecule has 3 aromatic rings. The molecule has 4 nitrogen and oxygen atoms in total. The number of nitrogens with zero attached hydrogens (tertiary/aromatic N) is 3. The van der Waals surface area contributed by atoms with Gasteiger partial charge in [-0.25, -0.2) is 9.97 Å². The number of thioether (sulfide) groups is 1. The van der Waals surface area contributed by atoms with Crippen LogP contribution in [0.15, 0.2) is 54.1 Å². The summed E-state index contributed by atoms with van der Waals surface area (Å²) in [5.41, 5.74) is 3.00. The lowest BCUT2D eigenvalue weighted by Gasteiger charge is -2.02. The van der Waals surface area contributed by atoms with E-state index in [0.29, 0.717) is 0 Å². The Morgan fingerprint density at radius 3 is 2.74 bits per heavy atom. The predicted molar refractivity (Wildman–Crippen MR) is 76.8 cm³/mol. The number of aromatic nitrogens is 4. The standard InChI is InChI=1S/C14H12N4S/c1-19-14-11(5-3-7-16-14)13-17-9-12(18-13)10-4-2-6-15-8-10/h2-9H,1H3,(H,17,18). The van der Waals surface area contributed by atoms with Gasteiger partial charge in [0, 0.05) is 29.7 Å². The van der Waals surface area contributed by atoms with E-state index in [-0.39, 0.29) is 0 Å².